The van der Waals surface area contributed by atoms with Crippen molar-refractivity contribution >= 4 is 12.6 Å². The first-order valence-corrected chi connectivity index (χ1v) is 5.67. The standard InChI is InChI=1S/C12H17NOS/c1-4-11-12(6-5-10(3)13-11)14-7-9(2)8-15/h5-6,15H,2,4,7-8H2,1,3H3. The van der Waals surface area contributed by atoms with Crippen LogP contribution in [0.15, 0.2) is 24.3 Å². The third-order valence-electron chi connectivity index (χ3n) is 2.06. The number of thiol groups is 1. The Labute approximate surface area is 96.8 Å². The molecule has 0 N–H and O–H groups in total. The zero-order valence-electron chi connectivity index (χ0n) is 9.29. The molecule has 0 bridgehead atoms. The SMILES string of the molecule is C=C(CS)COc1ccc(C)nc1CC. The van der Waals surface area contributed by atoms with Crippen LogP contribution >= 0.6 is 12.6 Å². The van der Waals surface area contributed by atoms with Crippen LogP contribution in [0.25, 0.3) is 0 Å². The van der Waals surface area contributed by atoms with Gasteiger partial charge in [0.25, 0.3) is 0 Å². The lowest BCUT2D eigenvalue weighted by atomic mass is 10.2. The van der Waals surface area contributed by atoms with Gasteiger partial charge in [-0.15, -0.1) is 0 Å². The van der Waals surface area contributed by atoms with Crippen molar-refractivity contribution in [3.63, 3.8) is 0 Å². The molecule has 2 nitrogen and oxygen atoms in total. The van der Waals surface area contributed by atoms with Crippen molar-refractivity contribution in [2.75, 3.05) is 12.4 Å². The Morgan fingerprint density at radius 2 is 2.27 bits per heavy atom. The van der Waals surface area contributed by atoms with E-state index in [1.165, 1.54) is 0 Å². The molecule has 0 amide bonds. The Hall–Kier alpha value is -0.960. The number of aromatic nitrogens is 1. The number of pyridine rings is 1. The van der Waals surface area contributed by atoms with E-state index >= 15 is 0 Å². The highest BCUT2D eigenvalue weighted by molar-refractivity contribution is 7.80. The minimum absolute atomic E-state index is 0.515. The molecule has 0 fully saturated rings. The quantitative estimate of drug-likeness (QED) is 0.612. The third kappa shape index (κ3) is 3.59. The molecule has 3 heteroatoms. The van der Waals surface area contributed by atoms with Crippen LogP contribution in [-0.2, 0) is 6.42 Å². The maximum atomic E-state index is 5.62. The highest BCUT2D eigenvalue weighted by atomic mass is 32.1. The molecular weight excluding hydrogens is 206 g/mol. The molecule has 1 rings (SSSR count). The summed E-state index contributed by atoms with van der Waals surface area (Å²) in [5.74, 6) is 1.51. The summed E-state index contributed by atoms with van der Waals surface area (Å²) in [6.07, 6.45) is 0.879. The minimum atomic E-state index is 0.515. The van der Waals surface area contributed by atoms with E-state index in [9.17, 15) is 0 Å². The van der Waals surface area contributed by atoms with Crippen LogP contribution in [0.1, 0.15) is 18.3 Å². The zero-order chi connectivity index (χ0) is 11.3. The largest absolute Gasteiger partial charge is 0.487 e. The monoisotopic (exact) mass is 223 g/mol. The molecule has 15 heavy (non-hydrogen) atoms. The van der Waals surface area contributed by atoms with Gasteiger partial charge < -0.3 is 4.74 Å². The van der Waals surface area contributed by atoms with Crippen molar-refractivity contribution in [1.29, 1.82) is 0 Å². The summed E-state index contributed by atoms with van der Waals surface area (Å²) in [4.78, 5) is 4.42. The smallest absolute Gasteiger partial charge is 0.141 e. The summed E-state index contributed by atoms with van der Waals surface area (Å²) >= 11 is 4.13. The molecule has 0 aliphatic heterocycles. The summed E-state index contributed by atoms with van der Waals surface area (Å²) in [5, 5.41) is 0. The van der Waals surface area contributed by atoms with Crippen molar-refractivity contribution in [3.05, 3.63) is 35.7 Å². The Kier molecular flexibility index (Phi) is 4.69. The molecule has 0 radical (unpaired) electrons. The molecule has 0 aliphatic carbocycles. The van der Waals surface area contributed by atoms with Crippen LogP contribution in [0.2, 0.25) is 0 Å². The average molecular weight is 223 g/mol. The summed E-state index contributed by atoms with van der Waals surface area (Å²) < 4.78 is 5.62. The lowest BCUT2D eigenvalue weighted by Crippen LogP contribution is -2.04. The number of nitrogens with zero attached hydrogens (tertiary/aromatic N) is 1. The normalized spacial score (nSPS) is 10.1. The minimum Gasteiger partial charge on any atom is -0.487 e. The van der Waals surface area contributed by atoms with Crippen LogP contribution in [0.5, 0.6) is 5.75 Å². The second kappa shape index (κ2) is 5.81. The van der Waals surface area contributed by atoms with Gasteiger partial charge in [0.1, 0.15) is 12.4 Å². The lowest BCUT2D eigenvalue weighted by molar-refractivity contribution is 0.347. The summed E-state index contributed by atoms with van der Waals surface area (Å²) in [6, 6.07) is 3.92. The predicted octanol–water partition coefficient (Wildman–Crippen LogP) is 2.82. The molecule has 0 unspecified atom stereocenters. The molecule has 0 atom stereocenters. The van der Waals surface area contributed by atoms with E-state index in [4.69, 9.17) is 4.74 Å². The van der Waals surface area contributed by atoms with E-state index in [2.05, 4.69) is 31.1 Å². The first-order valence-electron chi connectivity index (χ1n) is 5.04. The van der Waals surface area contributed by atoms with E-state index in [1.807, 2.05) is 19.1 Å². The molecule has 0 aromatic carbocycles. The van der Waals surface area contributed by atoms with Crippen molar-refractivity contribution in [2.45, 2.75) is 20.3 Å². The van der Waals surface area contributed by atoms with Gasteiger partial charge in [0, 0.05) is 11.4 Å². The molecular formula is C12H17NOS. The number of rotatable bonds is 5. The number of ether oxygens (including phenoxy) is 1. The zero-order valence-corrected chi connectivity index (χ0v) is 10.2. The van der Waals surface area contributed by atoms with Gasteiger partial charge in [0.15, 0.2) is 0 Å². The fourth-order valence-electron chi connectivity index (χ4n) is 1.21. The molecule has 1 aromatic heterocycles. The second-order valence-electron chi connectivity index (χ2n) is 3.45. The van der Waals surface area contributed by atoms with Gasteiger partial charge in [0.2, 0.25) is 0 Å². The van der Waals surface area contributed by atoms with Crippen LogP contribution in [0.4, 0.5) is 0 Å². The van der Waals surface area contributed by atoms with Gasteiger partial charge in [-0.2, -0.15) is 12.6 Å². The molecule has 1 heterocycles. The summed E-state index contributed by atoms with van der Waals surface area (Å²) in [7, 11) is 0. The Bertz CT molecular complexity index is 349. The molecule has 0 aliphatic rings. The molecule has 0 saturated carbocycles. The van der Waals surface area contributed by atoms with Gasteiger partial charge in [-0.25, -0.2) is 0 Å². The van der Waals surface area contributed by atoms with Crippen LogP contribution in [0, 0.1) is 6.92 Å². The fraction of sp³-hybridized carbons (Fsp3) is 0.417. The molecule has 0 spiro atoms. The molecule has 0 saturated heterocycles. The topological polar surface area (TPSA) is 22.1 Å². The van der Waals surface area contributed by atoms with Crippen molar-refractivity contribution < 1.29 is 4.74 Å². The Morgan fingerprint density at radius 1 is 1.53 bits per heavy atom. The molecule has 82 valence electrons. The summed E-state index contributed by atoms with van der Waals surface area (Å²) in [5.41, 5.74) is 3.00. The van der Waals surface area contributed by atoms with Crippen LogP contribution in [-0.4, -0.2) is 17.3 Å². The Morgan fingerprint density at radius 3 is 2.87 bits per heavy atom. The maximum Gasteiger partial charge on any atom is 0.141 e. The van der Waals surface area contributed by atoms with Gasteiger partial charge in [-0.3, -0.25) is 4.98 Å². The highest BCUT2D eigenvalue weighted by Gasteiger charge is 2.04. The number of hydrogen-bond acceptors (Lipinski definition) is 3. The van der Waals surface area contributed by atoms with E-state index in [1.54, 1.807) is 0 Å². The Balaban J connectivity index is 2.72. The van der Waals surface area contributed by atoms with E-state index in [0.717, 1.165) is 29.1 Å². The van der Waals surface area contributed by atoms with Crippen molar-refractivity contribution in [2.24, 2.45) is 0 Å². The average Bonchev–Trinajstić information content (AvgIpc) is 2.26. The maximum absolute atomic E-state index is 5.62. The number of aryl methyl sites for hydroxylation is 2. The number of hydrogen-bond donors (Lipinski definition) is 1. The van der Waals surface area contributed by atoms with Crippen LogP contribution < -0.4 is 4.74 Å². The first-order chi connectivity index (χ1) is 7.17. The lowest BCUT2D eigenvalue weighted by Gasteiger charge is -2.10. The molecule has 1 aromatic rings. The fourth-order valence-corrected chi connectivity index (χ4v) is 1.30. The highest BCUT2D eigenvalue weighted by Crippen LogP contribution is 2.18. The summed E-state index contributed by atoms with van der Waals surface area (Å²) in [6.45, 7) is 8.41. The van der Waals surface area contributed by atoms with E-state index in [-0.39, 0.29) is 0 Å². The first kappa shape index (κ1) is 12.1. The van der Waals surface area contributed by atoms with Crippen molar-refractivity contribution in [3.8, 4) is 5.75 Å². The van der Waals surface area contributed by atoms with Gasteiger partial charge >= 0.3 is 0 Å². The predicted molar refractivity (Wildman–Crippen MR) is 66.8 cm³/mol. The van der Waals surface area contributed by atoms with E-state index < -0.39 is 0 Å². The van der Waals surface area contributed by atoms with Gasteiger partial charge in [-0.05, 0) is 31.1 Å². The van der Waals surface area contributed by atoms with Crippen molar-refractivity contribution in [1.82, 2.24) is 4.98 Å². The van der Waals surface area contributed by atoms with Gasteiger partial charge in [-0.1, -0.05) is 13.5 Å². The third-order valence-corrected chi connectivity index (χ3v) is 2.51. The van der Waals surface area contributed by atoms with Crippen LogP contribution in [0.3, 0.4) is 0 Å². The second-order valence-corrected chi connectivity index (χ2v) is 3.76. The van der Waals surface area contributed by atoms with E-state index in [0.29, 0.717) is 12.4 Å². The van der Waals surface area contributed by atoms with Gasteiger partial charge in [0.05, 0.1) is 5.69 Å².